The van der Waals surface area contributed by atoms with Crippen molar-refractivity contribution in [1.82, 2.24) is 4.90 Å². The summed E-state index contributed by atoms with van der Waals surface area (Å²) in [6, 6.07) is 0.135. The minimum Gasteiger partial charge on any atom is -0.344 e. The van der Waals surface area contributed by atoms with Crippen LogP contribution in [0.2, 0.25) is 0 Å². The van der Waals surface area contributed by atoms with Crippen molar-refractivity contribution in [2.75, 3.05) is 23.4 Å². The normalized spacial score (nSPS) is 41.5. The topological polar surface area (TPSA) is 49.7 Å². The maximum atomic E-state index is 11.5. The molecule has 0 saturated carbocycles. The molecule has 3 heterocycles. The van der Waals surface area contributed by atoms with Crippen LogP contribution in [-0.4, -0.2) is 59.2 Å². The lowest BCUT2D eigenvalue weighted by Gasteiger charge is -2.20. The molecule has 3 aliphatic heterocycles. The van der Waals surface area contributed by atoms with Crippen LogP contribution in [-0.2, 0) is 9.84 Å². The van der Waals surface area contributed by atoms with E-state index < -0.39 is 9.84 Å². The monoisotopic (exact) mass is 310 g/mol. The second-order valence-electron chi connectivity index (χ2n) is 4.17. The number of amidine groups is 1. The molecule has 4 nitrogen and oxygen atoms in total. The van der Waals surface area contributed by atoms with Gasteiger partial charge in [-0.1, -0.05) is 27.7 Å². The van der Waals surface area contributed by atoms with Gasteiger partial charge in [-0.05, 0) is 0 Å². The zero-order valence-electron chi connectivity index (χ0n) is 7.97. The van der Waals surface area contributed by atoms with E-state index in [0.717, 1.165) is 17.0 Å². The maximum Gasteiger partial charge on any atom is 0.160 e. The molecule has 84 valence electrons. The molecule has 0 amide bonds. The van der Waals surface area contributed by atoms with Crippen LogP contribution in [0.25, 0.3) is 0 Å². The first-order chi connectivity index (χ1) is 7.09. The van der Waals surface area contributed by atoms with E-state index in [2.05, 4.69) is 25.8 Å². The second kappa shape index (κ2) is 3.37. The van der Waals surface area contributed by atoms with Gasteiger partial charge in [-0.15, -0.1) is 0 Å². The SMILES string of the molecule is O=S1(=O)C[C@@H]2N=C3S[C@@H](CBr)CN3[C@@H]2C1. The molecular weight excluding hydrogens is 300 g/mol. The van der Waals surface area contributed by atoms with Crippen molar-refractivity contribution < 1.29 is 8.42 Å². The van der Waals surface area contributed by atoms with E-state index in [9.17, 15) is 8.42 Å². The van der Waals surface area contributed by atoms with Crippen molar-refractivity contribution in [3.63, 3.8) is 0 Å². The molecule has 0 aromatic heterocycles. The van der Waals surface area contributed by atoms with E-state index in [1.165, 1.54) is 0 Å². The van der Waals surface area contributed by atoms with Crippen LogP contribution in [0.1, 0.15) is 0 Å². The third-order valence-electron chi connectivity index (χ3n) is 3.06. The highest BCUT2D eigenvalue weighted by molar-refractivity contribution is 9.09. The van der Waals surface area contributed by atoms with Gasteiger partial charge in [0.1, 0.15) is 0 Å². The van der Waals surface area contributed by atoms with Gasteiger partial charge in [-0.2, -0.15) is 0 Å². The molecule has 3 rings (SSSR count). The summed E-state index contributed by atoms with van der Waals surface area (Å²) in [5.41, 5.74) is 0. The van der Waals surface area contributed by atoms with Gasteiger partial charge in [0.2, 0.25) is 0 Å². The Labute approximate surface area is 102 Å². The fourth-order valence-electron chi connectivity index (χ4n) is 2.39. The predicted molar refractivity (Wildman–Crippen MR) is 65.5 cm³/mol. The molecule has 7 heteroatoms. The van der Waals surface area contributed by atoms with Crippen LogP contribution in [0.3, 0.4) is 0 Å². The summed E-state index contributed by atoms with van der Waals surface area (Å²) in [6.45, 7) is 0.936. The largest absolute Gasteiger partial charge is 0.344 e. The molecule has 0 spiro atoms. The van der Waals surface area contributed by atoms with Gasteiger partial charge >= 0.3 is 0 Å². The van der Waals surface area contributed by atoms with Crippen LogP contribution >= 0.6 is 27.7 Å². The van der Waals surface area contributed by atoms with Crippen LogP contribution in [0.15, 0.2) is 4.99 Å². The molecule has 0 N–H and O–H groups in total. The molecule has 2 saturated heterocycles. The average Bonchev–Trinajstić information content (AvgIpc) is 2.72. The number of sulfone groups is 1. The Morgan fingerprint density at radius 1 is 1.53 bits per heavy atom. The predicted octanol–water partition coefficient (Wildman–Crippen LogP) is 0.334. The lowest BCUT2D eigenvalue weighted by atomic mass is 10.2. The molecule has 0 unspecified atom stereocenters. The third kappa shape index (κ3) is 1.63. The van der Waals surface area contributed by atoms with E-state index in [1.54, 1.807) is 11.8 Å². The molecule has 0 radical (unpaired) electrons. The van der Waals surface area contributed by atoms with Gasteiger partial charge in [0, 0.05) is 17.1 Å². The van der Waals surface area contributed by atoms with Gasteiger partial charge in [0.15, 0.2) is 15.0 Å². The number of halogens is 1. The first-order valence-corrected chi connectivity index (χ1v) is 8.69. The molecule has 3 aliphatic rings. The molecule has 0 aliphatic carbocycles. The first kappa shape index (κ1) is 10.4. The zero-order valence-corrected chi connectivity index (χ0v) is 11.2. The minimum atomic E-state index is -2.84. The van der Waals surface area contributed by atoms with Crippen LogP contribution in [0.4, 0.5) is 0 Å². The molecule has 0 aromatic rings. The number of rotatable bonds is 1. The van der Waals surface area contributed by atoms with Crippen LogP contribution in [0, 0.1) is 0 Å². The standard InChI is InChI=1S/C8H11BrN2O2S2/c9-1-5-2-11-7-4-15(12,13)3-6(7)10-8(11)14-5/h5-7H,1-4H2/t5-,6-,7+/m0/s1. The number of hydrogen-bond donors (Lipinski definition) is 0. The highest BCUT2D eigenvalue weighted by Crippen LogP contribution is 2.38. The van der Waals surface area contributed by atoms with Crippen molar-refractivity contribution in [2.24, 2.45) is 4.99 Å². The number of thioether (sulfide) groups is 1. The van der Waals surface area contributed by atoms with Gasteiger partial charge in [0.25, 0.3) is 0 Å². The Morgan fingerprint density at radius 2 is 2.33 bits per heavy atom. The number of alkyl halides is 1. The third-order valence-corrected chi connectivity index (χ3v) is 7.17. The Morgan fingerprint density at radius 3 is 3.07 bits per heavy atom. The Kier molecular flexibility index (Phi) is 2.34. The maximum absolute atomic E-state index is 11.5. The highest BCUT2D eigenvalue weighted by atomic mass is 79.9. The summed E-state index contributed by atoms with van der Waals surface area (Å²) in [6.07, 6.45) is 0. The van der Waals surface area contributed by atoms with E-state index in [0.29, 0.717) is 11.0 Å². The number of nitrogens with zero attached hydrogens (tertiary/aromatic N) is 2. The Balaban J connectivity index is 1.86. The molecule has 0 bridgehead atoms. The van der Waals surface area contributed by atoms with Gasteiger partial charge in [-0.3, -0.25) is 4.99 Å². The summed E-state index contributed by atoms with van der Waals surface area (Å²) in [5.74, 6) is 0.539. The van der Waals surface area contributed by atoms with E-state index in [1.807, 2.05) is 0 Å². The zero-order chi connectivity index (χ0) is 10.6. The molecule has 15 heavy (non-hydrogen) atoms. The minimum absolute atomic E-state index is 0.00813. The van der Waals surface area contributed by atoms with Gasteiger partial charge in [0.05, 0.1) is 23.6 Å². The molecule has 3 atom stereocenters. The summed E-state index contributed by atoms with van der Waals surface area (Å²) < 4.78 is 22.9. The smallest absolute Gasteiger partial charge is 0.160 e. The van der Waals surface area contributed by atoms with E-state index >= 15 is 0 Å². The fourth-order valence-corrected chi connectivity index (χ4v) is 6.00. The summed E-state index contributed by atoms with van der Waals surface area (Å²) in [7, 11) is -2.84. The second-order valence-corrected chi connectivity index (χ2v) is 8.24. The van der Waals surface area contributed by atoms with Crippen molar-refractivity contribution in [2.45, 2.75) is 17.3 Å². The first-order valence-electron chi connectivity index (χ1n) is 4.86. The van der Waals surface area contributed by atoms with Crippen molar-refractivity contribution in [3.8, 4) is 0 Å². The Bertz CT molecular complexity index is 422. The van der Waals surface area contributed by atoms with E-state index in [4.69, 9.17) is 0 Å². The number of fused-ring (bicyclic) bond motifs is 3. The number of aliphatic imine (C=N–C) groups is 1. The molecule has 0 aromatic carbocycles. The van der Waals surface area contributed by atoms with Crippen molar-refractivity contribution in [3.05, 3.63) is 0 Å². The summed E-state index contributed by atoms with van der Waals surface area (Å²) in [4.78, 5) is 6.70. The average molecular weight is 311 g/mol. The van der Waals surface area contributed by atoms with Crippen LogP contribution < -0.4 is 0 Å². The van der Waals surface area contributed by atoms with Crippen LogP contribution in [0.5, 0.6) is 0 Å². The fraction of sp³-hybridized carbons (Fsp3) is 0.875. The quantitative estimate of drug-likeness (QED) is 0.655. The van der Waals surface area contributed by atoms with E-state index in [-0.39, 0.29) is 17.8 Å². The lowest BCUT2D eigenvalue weighted by molar-refractivity contribution is 0.361. The molecule has 2 fully saturated rings. The highest BCUT2D eigenvalue weighted by Gasteiger charge is 2.49. The summed E-state index contributed by atoms with van der Waals surface area (Å²) >= 11 is 5.23. The Hall–Kier alpha value is 0.250. The number of hydrogen-bond acceptors (Lipinski definition) is 5. The van der Waals surface area contributed by atoms with Gasteiger partial charge in [-0.25, -0.2) is 8.42 Å². The van der Waals surface area contributed by atoms with Gasteiger partial charge < -0.3 is 4.90 Å². The molecular formula is C8H11BrN2O2S2. The summed E-state index contributed by atoms with van der Waals surface area (Å²) in [5, 5.41) is 2.52. The van der Waals surface area contributed by atoms with Crippen molar-refractivity contribution in [1.29, 1.82) is 0 Å². The van der Waals surface area contributed by atoms with Crippen molar-refractivity contribution >= 4 is 42.7 Å². The lowest BCUT2D eigenvalue weighted by Crippen LogP contribution is -2.38.